The van der Waals surface area contributed by atoms with E-state index in [0.717, 1.165) is 0 Å². The Kier molecular flexibility index (Phi) is 14.9. The SMILES string of the molecule is FC(F)(F)C(F)(F)C(F)(F)C(F)(F)C(F)(F)C(F)(F)C(F)(F)C(F)(F)C(F)(C(F)(F)F)C(F)(F)NC(F)(F)C(F)(C(F)(F)F)C(F)(F)C(F)(F)C(F)(F)C(F)(F)C(F)(F)C(F)(F)C(F)(F)C(F)(F)F. The first-order chi connectivity index (χ1) is 28.7. The molecule has 47 heteroatoms. The minimum absolute atomic E-state index is 3.59. The Morgan fingerprint density at radius 1 is 0.130 bits per heavy atom. The van der Waals surface area contributed by atoms with Crippen LogP contribution in [0.3, 0.4) is 0 Å². The highest BCUT2D eigenvalue weighted by atomic mass is 19.5. The summed E-state index contributed by atoms with van der Waals surface area (Å²) in [7, 11) is 0. The lowest BCUT2D eigenvalue weighted by atomic mass is 9.80. The molecule has 0 aliphatic carbocycles. The molecule has 416 valence electrons. The molecule has 2 unspecified atom stereocenters. The minimum atomic E-state index is -10.8. The molecule has 0 aliphatic rings. The molecule has 0 saturated heterocycles. The Labute approximate surface area is 340 Å². The maximum absolute atomic E-state index is 14.7. The van der Waals surface area contributed by atoms with E-state index in [-0.39, 0.29) is 0 Å². The second kappa shape index (κ2) is 15.6. The van der Waals surface area contributed by atoms with Gasteiger partial charge in [-0.25, -0.2) is 8.78 Å². The van der Waals surface area contributed by atoms with Crippen molar-refractivity contribution >= 4 is 0 Å². The van der Waals surface area contributed by atoms with Crippen LogP contribution in [0.2, 0.25) is 0 Å². The number of alkyl halides is 46. The zero-order chi connectivity index (χ0) is 57.7. The minimum Gasteiger partial charge on any atom is -0.218 e. The second-order valence-electron chi connectivity index (χ2n) is 12.6. The van der Waals surface area contributed by atoms with E-state index in [4.69, 9.17) is 0 Å². The summed E-state index contributed by atoms with van der Waals surface area (Å²) in [4.78, 5) is 0. The van der Waals surface area contributed by atoms with Gasteiger partial charge in [-0.3, -0.25) is 0 Å². The van der Waals surface area contributed by atoms with E-state index in [1.165, 1.54) is 0 Å². The third-order valence-corrected chi connectivity index (χ3v) is 8.27. The smallest absolute Gasteiger partial charge is 0.218 e. The Hall–Kier alpha value is -3.26. The first-order valence-electron chi connectivity index (χ1n) is 14.2. The summed E-state index contributed by atoms with van der Waals surface area (Å²) in [5, 5.41) is -3.59. The van der Waals surface area contributed by atoms with Gasteiger partial charge in [0.15, 0.2) is 0 Å². The van der Waals surface area contributed by atoms with Crippen LogP contribution < -0.4 is 5.32 Å². The fraction of sp³-hybridized carbons (Fsp3) is 1.00. The van der Waals surface area contributed by atoms with Crippen molar-refractivity contribution in [2.24, 2.45) is 0 Å². The zero-order valence-corrected chi connectivity index (χ0v) is 28.9. The molecule has 0 aromatic heterocycles. The molecule has 0 aliphatic heterocycles. The van der Waals surface area contributed by atoms with Crippen molar-refractivity contribution < 1.29 is 202 Å². The summed E-state index contributed by atoms with van der Waals surface area (Å²) in [5.74, 6) is -143. The van der Waals surface area contributed by atoms with Crippen LogP contribution in [-0.2, 0) is 0 Å². The van der Waals surface area contributed by atoms with Crippen LogP contribution in [-0.4, -0.2) is 131 Å². The van der Waals surface area contributed by atoms with Gasteiger partial charge < -0.3 is 0 Å². The van der Waals surface area contributed by atoms with Crippen LogP contribution in [0.25, 0.3) is 0 Å². The van der Waals surface area contributed by atoms with Crippen molar-refractivity contribution in [1.29, 1.82) is 0 Å². The second-order valence-corrected chi connectivity index (χ2v) is 12.6. The Morgan fingerprint density at radius 3 is 0.362 bits per heavy atom. The summed E-state index contributed by atoms with van der Waals surface area (Å²) in [6, 6.07) is -20.7. The molecule has 0 bridgehead atoms. The fourth-order valence-electron chi connectivity index (χ4n) is 4.24. The molecular weight excluding hydrogens is 1150 g/mol. The average molecular weight is 1150 g/mol. The molecule has 1 nitrogen and oxygen atoms in total. The molecule has 1 N–H and O–H groups in total. The summed E-state index contributed by atoms with van der Waals surface area (Å²) in [5.41, 5.74) is -21.5. The summed E-state index contributed by atoms with van der Waals surface area (Å²) in [6.45, 7) is 0. The highest BCUT2D eigenvalue weighted by molar-refractivity contribution is 5.25. The molecule has 0 spiro atoms. The van der Waals surface area contributed by atoms with E-state index in [2.05, 4.69) is 0 Å². The van der Waals surface area contributed by atoms with Crippen LogP contribution in [0.5, 0.6) is 0 Å². The summed E-state index contributed by atoms with van der Waals surface area (Å²) in [6.07, 6.45) is -37.2. The number of hydrogen-bond donors (Lipinski definition) is 1. The zero-order valence-electron chi connectivity index (χ0n) is 28.9. The standard InChI is InChI=1S/C22HF46N/c23-1(17(53,54)55,3(25,26)5(29,30)7(33,34)9(37,38)11(41,42)13(45,46)15(49,50)19(59,60)61)21(65,66)69-22(67,68)2(24,18(56,57)58)4(27,28)6(31,32)8(35,36)10(39,40)12(43,44)14(47,48)16(51,52)20(62,63)64/h69H. The van der Waals surface area contributed by atoms with E-state index in [9.17, 15) is 202 Å². The van der Waals surface area contributed by atoms with Crippen LogP contribution in [0.15, 0.2) is 0 Å². The van der Waals surface area contributed by atoms with Gasteiger partial charge in [0.25, 0.3) is 0 Å². The molecule has 69 heavy (non-hydrogen) atoms. The van der Waals surface area contributed by atoms with E-state index in [0.29, 0.717) is 0 Å². The van der Waals surface area contributed by atoms with Gasteiger partial charge in [-0.2, -0.15) is 198 Å². The third-order valence-electron chi connectivity index (χ3n) is 8.27. The third kappa shape index (κ3) is 7.63. The molecule has 0 saturated carbocycles. The maximum atomic E-state index is 14.7. The van der Waals surface area contributed by atoms with Gasteiger partial charge in [0.05, 0.1) is 0 Å². The average Bonchev–Trinajstić information content (AvgIpc) is 3.06. The van der Waals surface area contributed by atoms with Crippen molar-refractivity contribution in [3.8, 4) is 0 Å². The molecular formula is C22HF46N. The van der Waals surface area contributed by atoms with Crippen LogP contribution in [0, 0.1) is 0 Å². The summed E-state index contributed by atoms with van der Waals surface area (Å²) < 4.78 is 624. The largest absolute Gasteiger partial charge is 0.460 e. The molecule has 2 atom stereocenters. The lowest BCUT2D eigenvalue weighted by Crippen LogP contribution is -2.84. The van der Waals surface area contributed by atoms with Gasteiger partial charge in [-0.15, -0.1) is 0 Å². The highest BCUT2D eigenvalue weighted by Crippen LogP contribution is 2.71. The van der Waals surface area contributed by atoms with Crippen molar-refractivity contribution in [2.45, 2.75) is 131 Å². The number of nitrogens with one attached hydrogen (secondary N) is 1. The van der Waals surface area contributed by atoms with Crippen LogP contribution in [0.1, 0.15) is 0 Å². The van der Waals surface area contributed by atoms with Crippen LogP contribution >= 0.6 is 0 Å². The predicted molar refractivity (Wildman–Crippen MR) is 114 cm³/mol. The molecule has 0 rings (SSSR count). The first-order valence-corrected chi connectivity index (χ1v) is 14.2. The fourth-order valence-corrected chi connectivity index (χ4v) is 4.24. The lowest BCUT2D eigenvalue weighted by Gasteiger charge is -2.49. The molecule has 0 fully saturated rings. The normalized spacial score (nSPS) is 18.9. The molecule has 0 aromatic rings. The van der Waals surface area contributed by atoms with E-state index in [1.54, 1.807) is 0 Å². The first kappa shape index (κ1) is 65.7. The topological polar surface area (TPSA) is 12.0 Å². The molecule has 0 radical (unpaired) electrons. The Balaban J connectivity index is 8.53. The maximum Gasteiger partial charge on any atom is 0.460 e. The van der Waals surface area contributed by atoms with Crippen molar-refractivity contribution in [1.82, 2.24) is 5.32 Å². The lowest BCUT2D eigenvalue weighted by molar-refractivity contribution is -0.489. The van der Waals surface area contributed by atoms with Gasteiger partial charge in [0.1, 0.15) is 0 Å². The van der Waals surface area contributed by atoms with E-state index in [1.807, 2.05) is 0 Å². The van der Waals surface area contributed by atoms with E-state index < -0.39 is 136 Å². The van der Waals surface area contributed by atoms with Gasteiger partial charge in [-0.1, -0.05) is 0 Å². The quantitative estimate of drug-likeness (QED) is 0.107. The van der Waals surface area contributed by atoms with Gasteiger partial charge in [-0.05, 0) is 0 Å². The van der Waals surface area contributed by atoms with Gasteiger partial charge >= 0.3 is 131 Å². The molecule has 0 amide bonds. The highest BCUT2D eigenvalue weighted by Gasteiger charge is 3.03. The monoisotopic (exact) mass is 1150 g/mol. The Morgan fingerprint density at radius 2 is 0.246 bits per heavy atom. The van der Waals surface area contributed by atoms with E-state index >= 15 is 0 Å². The van der Waals surface area contributed by atoms with Crippen molar-refractivity contribution in [2.75, 3.05) is 0 Å². The molecule has 0 aromatic carbocycles. The summed E-state index contributed by atoms with van der Waals surface area (Å²) >= 11 is 0. The number of rotatable bonds is 18. The van der Waals surface area contributed by atoms with Gasteiger partial charge in [0, 0.05) is 0 Å². The number of hydrogen-bond acceptors (Lipinski definition) is 1. The van der Waals surface area contributed by atoms with Crippen molar-refractivity contribution in [3.05, 3.63) is 0 Å². The van der Waals surface area contributed by atoms with Crippen LogP contribution in [0.4, 0.5) is 202 Å². The predicted octanol–water partition coefficient (Wildman–Crippen LogP) is 14.3. The van der Waals surface area contributed by atoms with Gasteiger partial charge in [0.2, 0.25) is 0 Å². The van der Waals surface area contributed by atoms with Crippen molar-refractivity contribution in [3.63, 3.8) is 0 Å². The Bertz CT molecular complexity index is 1710. The number of halogens is 46. The molecule has 0 heterocycles.